The first-order chi connectivity index (χ1) is 11.7. The van der Waals surface area contributed by atoms with E-state index >= 15 is 0 Å². The van der Waals surface area contributed by atoms with Gasteiger partial charge in [-0.3, -0.25) is 0 Å². The van der Waals surface area contributed by atoms with E-state index in [0.717, 1.165) is 30.0 Å². The van der Waals surface area contributed by atoms with Gasteiger partial charge >= 0.3 is 0 Å². The van der Waals surface area contributed by atoms with Gasteiger partial charge in [-0.05, 0) is 24.8 Å². The molecule has 0 aliphatic rings. The summed E-state index contributed by atoms with van der Waals surface area (Å²) in [6.45, 7) is 5.05. The van der Waals surface area contributed by atoms with Crippen LogP contribution < -0.4 is 10.6 Å². The maximum absolute atomic E-state index is 4.68. The monoisotopic (exact) mass is 338 g/mol. The lowest BCUT2D eigenvalue weighted by Gasteiger charge is -2.14. The zero-order valence-corrected chi connectivity index (χ0v) is 14.8. The summed E-state index contributed by atoms with van der Waals surface area (Å²) >= 11 is 1.74. The number of hydrogen-bond donors (Lipinski definition) is 2. The minimum Gasteiger partial charge on any atom is -0.365 e. The van der Waals surface area contributed by atoms with E-state index in [1.807, 2.05) is 24.3 Å². The van der Waals surface area contributed by atoms with Crippen LogP contribution >= 0.6 is 11.3 Å². The Balaban J connectivity index is 1.87. The number of anilines is 2. The van der Waals surface area contributed by atoms with Gasteiger partial charge in [-0.2, -0.15) is 4.98 Å². The summed E-state index contributed by atoms with van der Waals surface area (Å²) in [6, 6.07) is 16.7. The van der Waals surface area contributed by atoms with Gasteiger partial charge in [0.05, 0.1) is 12.2 Å². The van der Waals surface area contributed by atoms with E-state index in [1.54, 1.807) is 11.3 Å². The Morgan fingerprint density at radius 3 is 2.62 bits per heavy atom. The van der Waals surface area contributed by atoms with Gasteiger partial charge in [0.1, 0.15) is 5.82 Å². The molecule has 2 heterocycles. The molecule has 0 saturated carbocycles. The Labute approximate surface area is 147 Å². The molecular formula is C19H22N4S. The first-order valence-electron chi connectivity index (χ1n) is 8.22. The first kappa shape index (κ1) is 16.5. The zero-order valence-electron chi connectivity index (χ0n) is 14.0. The molecule has 0 aliphatic heterocycles. The lowest BCUT2D eigenvalue weighted by Crippen LogP contribution is -2.16. The van der Waals surface area contributed by atoms with Gasteiger partial charge in [-0.1, -0.05) is 43.3 Å². The van der Waals surface area contributed by atoms with E-state index in [4.69, 9.17) is 0 Å². The van der Waals surface area contributed by atoms with Gasteiger partial charge in [0.15, 0.2) is 0 Å². The molecule has 0 spiro atoms. The normalized spacial score (nSPS) is 11.9. The maximum atomic E-state index is 4.68. The highest BCUT2D eigenvalue weighted by molar-refractivity contribution is 7.09. The summed E-state index contributed by atoms with van der Waals surface area (Å²) in [4.78, 5) is 10.6. The third-order valence-electron chi connectivity index (χ3n) is 3.81. The van der Waals surface area contributed by atoms with Gasteiger partial charge in [0.25, 0.3) is 0 Å². The SMILES string of the molecule is CC[C@@H](C)Nc1nc(NCc2cccs2)cc(-c2ccccc2)n1. The minimum atomic E-state index is 0.334. The van der Waals surface area contributed by atoms with Crippen molar-refractivity contribution >= 4 is 23.1 Å². The highest BCUT2D eigenvalue weighted by atomic mass is 32.1. The van der Waals surface area contributed by atoms with Crippen LogP contribution in [0.15, 0.2) is 53.9 Å². The third-order valence-corrected chi connectivity index (χ3v) is 4.68. The maximum Gasteiger partial charge on any atom is 0.225 e. The molecular weight excluding hydrogens is 316 g/mol. The Kier molecular flexibility index (Phi) is 5.43. The molecule has 0 amide bonds. The minimum absolute atomic E-state index is 0.334. The van der Waals surface area contributed by atoms with Crippen molar-refractivity contribution < 1.29 is 0 Å². The van der Waals surface area contributed by atoms with Gasteiger partial charge in [-0.15, -0.1) is 11.3 Å². The molecule has 3 rings (SSSR count). The van der Waals surface area contributed by atoms with Crippen LogP contribution in [0.1, 0.15) is 25.1 Å². The van der Waals surface area contributed by atoms with Crippen molar-refractivity contribution in [3.63, 3.8) is 0 Å². The molecule has 2 aromatic heterocycles. The molecule has 1 atom stereocenters. The van der Waals surface area contributed by atoms with Gasteiger partial charge in [0, 0.05) is 22.5 Å². The number of hydrogen-bond acceptors (Lipinski definition) is 5. The largest absolute Gasteiger partial charge is 0.365 e. The molecule has 24 heavy (non-hydrogen) atoms. The predicted molar refractivity (Wildman–Crippen MR) is 102 cm³/mol. The highest BCUT2D eigenvalue weighted by Crippen LogP contribution is 2.22. The lowest BCUT2D eigenvalue weighted by atomic mass is 10.1. The van der Waals surface area contributed by atoms with E-state index in [9.17, 15) is 0 Å². The lowest BCUT2D eigenvalue weighted by molar-refractivity contribution is 0.753. The Morgan fingerprint density at radius 2 is 1.92 bits per heavy atom. The molecule has 1 aromatic carbocycles. The fourth-order valence-corrected chi connectivity index (χ4v) is 2.92. The van der Waals surface area contributed by atoms with E-state index in [0.29, 0.717) is 12.0 Å². The standard InChI is InChI=1S/C19H22N4S/c1-3-14(2)21-19-22-17(15-8-5-4-6-9-15)12-18(23-19)20-13-16-10-7-11-24-16/h4-12,14H,3,13H2,1-2H3,(H2,20,21,22,23)/t14-/m1/s1. The van der Waals surface area contributed by atoms with Crippen molar-refractivity contribution in [1.82, 2.24) is 9.97 Å². The highest BCUT2D eigenvalue weighted by Gasteiger charge is 2.09. The topological polar surface area (TPSA) is 49.8 Å². The van der Waals surface area contributed by atoms with Crippen LogP contribution in [-0.2, 0) is 6.54 Å². The van der Waals surface area contributed by atoms with Crippen LogP contribution in [0.4, 0.5) is 11.8 Å². The molecule has 2 N–H and O–H groups in total. The van der Waals surface area contributed by atoms with Crippen molar-refractivity contribution in [2.24, 2.45) is 0 Å². The zero-order chi connectivity index (χ0) is 16.8. The number of nitrogens with one attached hydrogen (secondary N) is 2. The van der Waals surface area contributed by atoms with E-state index in [1.165, 1.54) is 4.88 Å². The Hall–Kier alpha value is -2.40. The number of thiophene rings is 1. The number of nitrogens with zero attached hydrogens (tertiary/aromatic N) is 2. The third kappa shape index (κ3) is 4.32. The molecule has 0 saturated heterocycles. The fourth-order valence-electron chi connectivity index (χ4n) is 2.27. The fraction of sp³-hybridized carbons (Fsp3) is 0.263. The Morgan fingerprint density at radius 1 is 1.08 bits per heavy atom. The van der Waals surface area contributed by atoms with Crippen LogP contribution in [-0.4, -0.2) is 16.0 Å². The molecule has 124 valence electrons. The summed E-state index contributed by atoms with van der Waals surface area (Å²) in [6.07, 6.45) is 1.02. The molecule has 5 heteroatoms. The van der Waals surface area contributed by atoms with Crippen LogP contribution in [0.5, 0.6) is 0 Å². The molecule has 0 fully saturated rings. The van der Waals surface area contributed by atoms with E-state index in [-0.39, 0.29) is 0 Å². The predicted octanol–water partition coefficient (Wildman–Crippen LogP) is 5.03. The van der Waals surface area contributed by atoms with Crippen molar-refractivity contribution in [1.29, 1.82) is 0 Å². The van der Waals surface area contributed by atoms with Crippen LogP contribution in [0.25, 0.3) is 11.3 Å². The van der Waals surface area contributed by atoms with Gasteiger partial charge in [-0.25, -0.2) is 4.98 Å². The van der Waals surface area contributed by atoms with Crippen molar-refractivity contribution in [2.45, 2.75) is 32.9 Å². The summed E-state index contributed by atoms with van der Waals surface area (Å²) in [5.41, 5.74) is 2.01. The summed E-state index contributed by atoms with van der Waals surface area (Å²) in [5, 5.41) is 8.87. The first-order valence-corrected chi connectivity index (χ1v) is 9.10. The molecule has 0 aliphatic carbocycles. The van der Waals surface area contributed by atoms with Crippen molar-refractivity contribution in [3.8, 4) is 11.3 Å². The summed E-state index contributed by atoms with van der Waals surface area (Å²) in [7, 11) is 0. The number of benzene rings is 1. The van der Waals surface area contributed by atoms with Crippen LogP contribution in [0.2, 0.25) is 0 Å². The second kappa shape index (κ2) is 7.93. The average Bonchev–Trinajstić information content (AvgIpc) is 3.14. The quantitative estimate of drug-likeness (QED) is 0.634. The molecule has 0 bridgehead atoms. The average molecular weight is 338 g/mol. The van der Waals surface area contributed by atoms with Crippen molar-refractivity contribution in [2.75, 3.05) is 10.6 Å². The second-order valence-corrected chi connectivity index (χ2v) is 6.75. The Bertz CT molecular complexity index is 756. The van der Waals surface area contributed by atoms with Gasteiger partial charge < -0.3 is 10.6 Å². The molecule has 0 radical (unpaired) electrons. The van der Waals surface area contributed by atoms with Crippen LogP contribution in [0, 0.1) is 0 Å². The molecule has 0 unspecified atom stereocenters. The summed E-state index contributed by atoms with van der Waals surface area (Å²) < 4.78 is 0. The number of rotatable bonds is 7. The molecule has 3 aromatic rings. The van der Waals surface area contributed by atoms with Crippen molar-refractivity contribution in [3.05, 3.63) is 58.8 Å². The second-order valence-electron chi connectivity index (χ2n) is 5.71. The number of aromatic nitrogens is 2. The summed E-state index contributed by atoms with van der Waals surface area (Å²) in [5.74, 6) is 1.50. The van der Waals surface area contributed by atoms with Crippen LogP contribution in [0.3, 0.4) is 0 Å². The molecule has 4 nitrogen and oxygen atoms in total. The van der Waals surface area contributed by atoms with E-state index < -0.39 is 0 Å². The van der Waals surface area contributed by atoms with E-state index in [2.05, 4.69) is 64.1 Å². The smallest absolute Gasteiger partial charge is 0.225 e. The van der Waals surface area contributed by atoms with Gasteiger partial charge in [0.2, 0.25) is 5.95 Å².